The summed E-state index contributed by atoms with van der Waals surface area (Å²) in [5.41, 5.74) is 5.59. The number of nitrogens with zero attached hydrogens (tertiary/aromatic N) is 1. The van der Waals surface area contributed by atoms with Gasteiger partial charge in [-0.1, -0.05) is 19.8 Å². The molecule has 0 unspecified atom stereocenters. The van der Waals surface area contributed by atoms with Gasteiger partial charge in [0.1, 0.15) is 0 Å². The van der Waals surface area contributed by atoms with Crippen LogP contribution in [0.3, 0.4) is 0 Å². The molecule has 0 spiro atoms. The zero-order valence-corrected chi connectivity index (χ0v) is 12.2. The lowest BCUT2D eigenvalue weighted by Gasteiger charge is -2.30. The van der Waals surface area contributed by atoms with E-state index in [1.807, 2.05) is 11.9 Å². The fourth-order valence-corrected chi connectivity index (χ4v) is 2.95. The number of carbonyl (C=O) groups is 1. The molecule has 0 bridgehead atoms. The Balaban J connectivity index is 2.26. The van der Waals surface area contributed by atoms with E-state index in [1.165, 1.54) is 25.7 Å². The summed E-state index contributed by atoms with van der Waals surface area (Å²) in [4.78, 5) is 14.2. The highest BCUT2D eigenvalue weighted by Crippen LogP contribution is 2.31. The molecule has 3 nitrogen and oxygen atoms in total. The minimum Gasteiger partial charge on any atom is -0.346 e. The molecule has 1 aliphatic rings. The lowest BCUT2D eigenvalue weighted by atomic mass is 9.80. The van der Waals surface area contributed by atoms with Crippen molar-refractivity contribution in [3.05, 3.63) is 0 Å². The normalized spacial score (nSPS) is 23.9. The molecule has 1 fully saturated rings. The van der Waals surface area contributed by atoms with Crippen molar-refractivity contribution in [1.82, 2.24) is 4.90 Å². The van der Waals surface area contributed by atoms with Crippen LogP contribution in [-0.2, 0) is 4.79 Å². The second-order valence-corrected chi connectivity index (χ2v) is 5.76. The fraction of sp³-hybridized carbons (Fsp3) is 0.933. The molecule has 0 radical (unpaired) electrons. The van der Waals surface area contributed by atoms with Gasteiger partial charge in [-0.05, 0) is 51.0 Å². The Kier molecular flexibility index (Phi) is 7.33. The van der Waals surface area contributed by atoms with E-state index in [-0.39, 0.29) is 5.92 Å². The number of rotatable bonds is 7. The quantitative estimate of drug-likeness (QED) is 0.710. The summed E-state index contributed by atoms with van der Waals surface area (Å²) in [5.74, 6) is 1.42. The summed E-state index contributed by atoms with van der Waals surface area (Å²) >= 11 is 0. The molecule has 18 heavy (non-hydrogen) atoms. The van der Waals surface area contributed by atoms with E-state index in [4.69, 9.17) is 5.73 Å². The highest BCUT2D eigenvalue weighted by molar-refractivity contribution is 5.78. The van der Waals surface area contributed by atoms with Crippen LogP contribution in [0.25, 0.3) is 0 Å². The van der Waals surface area contributed by atoms with Crippen molar-refractivity contribution in [2.24, 2.45) is 17.6 Å². The molecule has 0 aromatic heterocycles. The molecule has 0 aliphatic heterocycles. The van der Waals surface area contributed by atoms with E-state index in [2.05, 4.69) is 6.92 Å². The first-order valence-electron chi connectivity index (χ1n) is 7.64. The van der Waals surface area contributed by atoms with E-state index in [1.54, 1.807) is 0 Å². The molecule has 0 saturated heterocycles. The maximum atomic E-state index is 12.3. The Bertz CT molecular complexity index is 235. The van der Waals surface area contributed by atoms with Gasteiger partial charge < -0.3 is 10.6 Å². The van der Waals surface area contributed by atoms with Crippen LogP contribution in [0.5, 0.6) is 0 Å². The Labute approximate surface area is 112 Å². The highest BCUT2D eigenvalue weighted by atomic mass is 16.2. The summed E-state index contributed by atoms with van der Waals surface area (Å²) < 4.78 is 0. The van der Waals surface area contributed by atoms with Gasteiger partial charge in [0, 0.05) is 19.5 Å². The predicted octanol–water partition coefficient (Wildman–Crippen LogP) is 2.79. The van der Waals surface area contributed by atoms with Gasteiger partial charge in [-0.2, -0.15) is 0 Å². The van der Waals surface area contributed by atoms with Crippen molar-refractivity contribution in [3.63, 3.8) is 0 Å². The van der Waals surface area contributed by atoms with Gasteiger partial charge in [-0.3, -0.25) is 4.79 Å². The summed E-state index contributed by atoms with van der Waals surface area (Å²) in [6, 6.07) is 0. The largest absolute Gasteiger partial charge is 0.346 e. The van der Waals surface area contributed by atoms with Crippen molar-refractivity contribution in [3.8, 4) is 0 Å². The van der Waals surface area contributed by atoms with E-state index in [0.29, 0.717) is 5.91 Å². The minimum atomic E-state index is 0.283. The number of nitrogens with two attached hydrogens (primary N) is 1. The third kappa shape index (κ3) is 4.97. The standard InChI is InChI=1S/C15H30N2O/c1-3-4-5-12-17(2)15(18)14-8-6-13(7-9-14)10-11-16/h13-14H,3-12,16H2,1-2H3. The van der Waals surface area contributed by atoms with Gasteiger partial charge in [-0.25, -0.2) is 0 Å². The third-order valence-electron chi connectivity index (χ3n) is 4.24. The van der Waals surface area contributed by atoms with Crippen molar-refractivity contribution in [2.45, 2.75) is 58.3 Å². The SMILES string of the molecule is CCCCCN(C)C(=O)C1CCC(CCN)CC1. The van der Waals surface area contributed by atoms with Crippen LogP contribution >= 0.6 is 0 Å². The monoisotopic (exact) mass is 254 g/mol. The van der Waals surface area contributed by atoms with E-state index in [0.717, 1.165) is 44.7 Å². The van der Waals surface area contributed by atoms with Gasteiger partial charge in [0.2, 0.25) is 5.91 Å². The van der Waals surface area contributed by atoms with Crippen LogP contribution in [0, 0.1) is 11.8 Å². The molecule has 0 aromatic carbocycles. The van der Waals surface area contributed by atoms with Crippen molar-refractivity contribution in [2.75, 3.05) is 20.1 Å². The van der Waals surface area contributed by atoms with E-state index >= 15 is 0 Å². The van der Waals surface area contributed by atoms with Gasteiger partial charge >= 0.3 is 0 Å². The zero-order chi connectivity index (χ0) is 13.4. The predicted molar refractivity (Wildman–Crippen MR) is 76.3 cm³/mol. The van der Waals surface area contributed by atoms with E-state index < -0.39 is 0 Å². The average molecular weight is 254 g/mol. The maximum Gasteiger partial charge on any atom is 0.225 e. The summed E-state index contributed by atoms with van der Waals surface area (Å²) in [5, 5.41) is 0. The summed E-state index contributed by atoms with van der Waals surface area (Å²) in [7, 11) is 1.96. The first kappa shape index (κ1) is 15.5. The maximum absolute atomic E-state index is 12.3. The smallest absolute Gasteiger partial charge is 0.225 e. The van der Waals surface area contributed by atoms with Crippen LogP contribution in [-0.4, -0.2) is 30.9 Å². The van der Waals surface area contributed by atoms with Crippen LogP contribution in [0.15, 0.2) is 0 Å². The molecular weight excluding hydrogens is 224 g/mol. The lowest BCUT2D eigenvalue weighted by Crippen LogP contribution is -2.35. The van der Waals surface area contributed by atoms with Crippen molar-refractivity contribution >= 4 is 5.91 Å². The number of hydrogen-bond acceptors (Lipinski definition) is 2. The van der Waals surface area contributed by atoms with Gasteiger partial charge in [0.15, 0.2) is 0 Å². The first-order chi connectivity index (χ1) is 8.69. The molecule has 1 amide bonds. The van der Waals surface area contributed by atoms with E-state index in [9.17, 15) is 4.79 Å². The molecule has 1 aliphatic carbocycles. The molecule has 1 rings (SSSR count). The molecular formula is C15H30N2O. The third-order valence-corrected chi connectivity index (χ3v) is 4.24. The number of unbranched alkanes of at least 4 members (excludes halogenated alkanes) is 2. The molecule has 106 valence electrons. The van der Waals surface area contributed by atoms with Crippen LogP contribution < -0.4 is 5.73 Å². The summed E-state index contributed by atoms with van der Waals surface area (Å²) in [6.45, 7) is 3.91. The topological polar surface area (TPSA) is 46.3 Å². The van der Waals surface area contributed by atoms with Gasteiger partial charge in [0.25, 0.3) is 0 Å². The highest BCUT2D eigenvalue weighted by Gasteiger charge is 2.27. The van der Waals surface area contributed by atoms with Crippen LogP contribution in [0.2, 0.25) is 0 Å². The summed E-state index contributed by atoms with van der Waals surface area (Å²) in [6.07, 6.45) is 9.23. The molecule has 0 heterocycles. The molecule has 1 saturated carbocycles. The Morgan fingerprint density at radius 2 is 1.89 bits per heavy atom. The second-order valence-electron chi connectivity index (χ2n) is 5.76. The number of hydrogen-bond donors (Lipinski definition) is 1. The molecule has 3 heteroatoms. The molecule has 0 atom stereocenters. The number of carbonyl (C=O) groups excluding carboxylic acids is 1. The number of amides is 1. The average Bonchev–Trinajstić information content (AvgIpc) is 2.39. The lowest BCUT2D eigenvalue weighted by molar-refractivity contribution is -0.135. The first-order valence-corrected chi connectivity index (χ1v) is 7.64. The van der Waals surface area contributed by atoms with Crippen molar-refractivity contribution < 1.29 is 4.79 Å². The van der Waals surface area contributed by atoms with Crippen LogP contribution in [0.1, 0.15) is 58.3 Å². The Morgan fingerprint density at radius 1 is 1.22 bits per heavy atom. The second kappa shape index (κ2) is 8.52. The Hall–Kier alpha value is -0.570. The zero-order valence-electron chi connectivity index (χ0n) is 12.2. The van der Waals surface area contributed by atoms with Crippen molar-refractivity contribution in [1.29, 1.82) is 0 Å². The minimum absolute atomic E-state index is 0.283. The van der Waals surface area contributed by atoms with Gasteiger partial charge in [-0.15, -0.1) is 0 Å². The van der Waals surface area contributed by atoms with Crippen LogP contribution in [0.4, 0.5) is 0 Å². The molecule has 2 N–H and O–H groups in total. The fourth-order valence-electron chi connectivity index (χ4n) is 2.95. The molecule has 0 aromatic rings. The Morgan fingerprint density at radius 3 is 2.44 bits per heavy atom. The van der Waals surface area contributed by atoms with Gasteiger partial charge in [0.05, 0.1) is 0 Å².